The molecule has 5 aliphatic rings. The van der Waals surface area contributed by atoms with E-state index in [9.17, 15) is 14.4 Å². The summed E-state index contributed by atoms with van der Waals surface area (Å²) in [5.41, 5.74) is 1.06. The van der Waals surface area contributed by atoms with Crippen LogP contribution < -0.4 is 5.32 Å². The monoisotopic (exact) mass is 446 g/mol. The third-order valence-electron chi connectivity index (χ3n) is 7.72. The van der Waals surface area contributed by atoms with Crippen LogP contribution in [0.2, 0.25) is 0 Å². The Morgan fingerprint density at radius 2 is 1.77 bits per heavy atom. The van der Waals surface area contributed by atoms with Crippen molar-refractivity contribution in [1.82, 2.24) is 4.90 Å². The van der Waals surface area contributed by atoms with Crippen LogP contribution in [0, 0.1) is 23.2 Å². The fourth-order valence-corrected chi connectivity index (χ4v) is 8.05. The lowest BCUT2D eigenvalue weighted by molar-refractivity contribution is -0.140. The van der Waals surface area contributed by atoms with E-state index in [1.165, 1.54) is 37.7 Å². The fourth-order valence-electron chi connectivity index (χ4n) is 6.80. The maximum absolute atomic E-state index is 13.6. The zero-order valence-corrected chi connectivity index (χ0v) is 19.0. The number of hydrogen-bond donors (Lipinski definition) is 1. The lowest BCUT2D eigenvalue weighted by Crippen LogP contribution is -2.51. The molecular formula is C23H30N2O5S. The highest BCUT2D eigenvalue weighted by Gasteiger charge is 2.54. The fraction of sp³-hybridized carbons (Fsp3) is 0.696. The molecule has 0 radical (unpaired) electrons. The summed E-state index contributed by atoms with van der Waals surface area (Å²) in [6.45, 7) is 2.98. The first kappa shape index (κ1) is 20.8. The molecule has 8 heteroatoms. The maximum atomic E-state index is 13.6. The highest BCUT2D eigenvalue weighted by atomic mass is 32.1. The average Bonchev–Trinajstić information content (AvgIpc) is 3.09. The first-order valence-electron chi connectivity index (χ1n) is 11.4. The lowest BCUT2D eigenvalue weighted by atomic mass is 9.49. The highest BCUT2D eigenvalue weighted by molar-refractivity contribution is 7.17. The molecule has 0 atom stereocenters. The number of carbonyl (C=O) groups is 3. The summed E-state index contributed by atoms with van der Waals surface area (Å²) in [5, 5.41) is 3.73. The first-order valence-corrected chi connectivity index (χ1v) is 12.2. The first-order chi connectivity index (χ1) is 14.9. The van der Waals surface area contributed by atoms with Gasteiger partial charge in [0.25, 0.3) is 0 Å². The van der Waals surface area contributed by atoms with Gasteiger partial charge in [0.15, 0.2) is 0 Å². The molecule has 6 rings (SSSR count). The number of nitrogens with one attached hydrogen (secondary N) is 1. The zero-order chi connectivity index (χ0) is 21.8. The van der Waals surface area contributed by atoms with Crippen LogP contribution in [-0.2, 0) is 27.2 Å². The van der Waals surface area contributed by atoms with E-state index in [4.69, 9.17) is 9.47 Å². The number of anilines is 1. The standard InChI is InChI=1S/C23H30N2O5S/c1-3-30-22(28)25-5-4-16-17(12-25)31-19(18(16)20(26)29-2)24-21(27)23-9-13-6-14(10-23)8-15(7-13)11-23/h13-15H,3-12H2,1-2H3,(H,24,27). The third-order valence-corrected chi connectivity index (χ3v) is 8.85. The van der Waals surface area contributed by atoms with Crippen molar-refractivity contribution in [2.45, 2.75) is 58.4 Å². The molecule has 0 aromatic carbocycles. The molecule has 1 aromatic rings. The smallest absolute Gasteiger partial charge is 0.410 e. The van der Waals surface area contributed by atoms with Crippen LogP contribution in [0.15, 0.2) is 0 Å². The Morgan fingerprint density at radius 3 is 2.35 bits per heavy atom. The molecule has 4 bridgehead atoms. The largest absolute Gasteiger partial charge is 0.465 e. The van der Waals surface area contributed by atoms with E-state index in [0.29, 0.717) is 54.4 Å². The van der Waals surface area contributed by atoms with E-state index >= 15 is 0 Å². The molecule has 1 aliphatic heterocycles. The van der Waals surface area contributed by atoms with Crippen molar-refractivity contribution in [2.24, 2.45) is 23.2 Å². The van der Waals surface area contributed by atoms with Crippen LogP contribution in [0.3, 0.4) is 0 Å². The molecule has 4 aliphatic carbocycles. The summed E-state index contributed by atoms with van der Waals surface area (Å²) in [6, 6.07) is 0. The number of methoxy groups -OCH3 is 1. The number of rotatable bonds is 4. The Kier molecular flexibility index (Phi) is 5.23. The molecule has 1 aromatic heterocycles. The van der Waals surface area contributed by atoms with Gasteiger partial charge in [-0.2, -0.15) is 0 Å². The van der Waals surface area contributed by atoms with Crippen LogP contribution in [0.4, 0.5) is 9.80 Å². The van der Waals surface area contributed by atoms with E-state index in [1.54, 1.807) is 11.8 Å². The predicted molar refractivity (Wildman–Crippen MR) is 116 cm³/mol. The Hall–Kier alpha value is -2.09. The summed E-state index contributed by atoms with van der Waals surface area (Å²) in [5.74, 6) is 1.66. The van der Waals surface area contributed by atoms with Crippen LogP contribution in [0.1, 0.15) is 66.2 Å². The molecule has 2 amide bonds. The van der Waals surface area contributed by atoms with Gasteiger partial charge in [0.05, 0.1) is 31.2 Å². The number of carbonyl (C=O) groups excluding carboxylic acids is 3. The number of hydrogen-bond acceptors (Lipinski definition) is 6. The molecule has 1 N–H and O–H groups in total. The topological polar surface area (TPSA) is 84.9 Å². The third kappa shape index (κ3) is 3.52. The number of ether oxygens (including phenoxy) is 2. The maximum Gasteiger partial charge on any atom is 0.410 e. The predicted octanol–water partition coefficient (Wildman–Crippen LogP) is 4.20. The van der Waals surface area contributed by atoms with Crippen LogP contribution in [0.5, 0.6) is 0 Å². The number of amides is 2. The van der Waals surface area contributed by atoms with E-state index < -0.39 is 5.97 Å². The van der Waals surface area contributed by atoms with Crippen molar-refractivity contribution in [3.63, 3.8) is 0 Å². The van der Waals surface area contributed by atoms with Gasteiger partial charge in [-0.15, -0.1) is 11.3 Å². The SMILES string of the molecule is CCOC(=O)N1CCc2c(sc(NC(=O)C34CC5CC(CC(C5)C3)C4)c2C(=O)OC)C1. The molecule has 168 valence electrons. The highest BCUT2D eigenvalue weighted by Crippen LogP contribution is 2.60. The molecule has 31 heavy (non-hydrogen) atoms. The van der Waals surface area contributed by atoms with Crippen molar-refractivity contribution in [3.05, 3.63) is 16.0 Å². The minimum atomic E-state index is -0.428. The molecule has 0 saturated heterocycles. The van der Waals surface area contributed by atoms with Crippen molar-refractivity contribution >= 4 is 34.3 Å². The Balaban J connectivity index is 1.41. The lowest BCUT2D eigenvalue weighted by Gasteiger charge is -2.55. The number of thiophene rings is 1. The van der Waals surface area contributed by atoms with Gasteiger partial charge in [0, 0.05) is 11.4 Å². The van der Waals surface area contributed by atoms with E-state index in [-0.39, 0.29) is 17.4 Å². The Labute approximate surface area is 186 Å². The second-order valence-electron chi connectivity index (χ2n) is 9.72. The van der Waals surface area contributed by atoms with Gasteiger partial charge < -0.3 is 19.7 Å². The average molecular weight is 447 g/mol. The minimum Gasteiger partial charge on any atom is -0.465 e. The molecule has 4 fully saturated rings. The van der Waals surface area contributed by atoms with Gasteiger partial charge >= 0.3 is 12.1 Å². The van der Waals surface area contributed by atoms with Crippen LogP contribution in [0.25, 0.3) is 0 Å². The molecule has 4 saturated carbocycles. The summed E-state index contributed by atoms with van der Waals surface area (Å²) in [7, 11) is 1.37. The normalized spacial score (nSPS) is 30.6. The van der Waals surface area contributed by atoms with Crippen LogP contribution >= 0.6 is 11.3 Å². The molecular weight excluding hydrogens is 416 g/mol. The minimum absolute atomic E-state index is 0.0672. The second kappa shape index (κ2) is 7.80. The van der Waals surface area contributed by atoms with E-state index in [2.05, 4.69) is 5.32 Å². The van der Waals surface area contributed by atoms with Gasteiger partial charge in [-0.25, -0.2) is 9.59 Å². The Morgan fingerprint density at radius 1 is 1.13 bits per heavy atom. The summed E-state index contributed by atoms with van der Waals surface area (Å²) < 4.78 is 10.2. The van der Waals surface area contributed by atoms with E-state index in [0.717, 1.165) is 29.7 Å². The quantitative estimate of drug-likeness (QED) is 0.701. The molecule has 0 spiro atoms. The molecule has 2 heterocycles. The van der Waals surface area contributed by atoms with Gasteiger partial charge in [-0.05, 0) is 75.2 Å². The number of nitrogens with zero attached hydrogens (tertiary/aromatic N) is 1. The number of esters is 1. The van der Waals surface area contributed by atoms with E-state index in [1.807, 2.05) is 0 Å². The van der Waals surface area contributed by atoms with Crippen molar-refractivity contribution < 1.29 is 23.9 Å². The summed E-state index contributed by atoms with van der Waals surface area (Å²) in [4.78, 5) is 40.9. The molecule has 7 nitrogen and oxygen atoms in total. The zero-order valence-electron chi connectivity index (χ0n) is 18.2. The van der Waals surface area contributed by atoms with Crippen molar-refractivity contribution in [1.29, 1.82) is 0 Å². The van der Waals surface area contributed by atoms with Gasteiger partial charge in [0.2, 0.25) is 5.91 Å². The van der Waals surface area contributed by atoms with Crippen molar-refractivity contribution in [3.8, 4) is 0 Å². The van der Waals surface area contributed by atoms with Crippen molar-refractivity contribution in [2.75, 3.05) is 25.6 Å². The number of fused-ring (bicyclic) bond motifs is 1. The van der Waals surface area contributed by atoms with Gasteiger partial charge in [-0.3, -0.25) is 4.79 Å². The molecule has 0 unspecified atom stereocenters. The second-order valence-corrected chi connectivity index (χ2v) is 10.8. The summed E-state index contributed by atoms with van der Waals surface area (Å²) >= 11 is 1.40. The Bertz CT molecular complexity index is 888. The van der Waals surface area contributed by atoms with Gasteiger partial charge in [0.1, 0.15) is 5.00 Å². The summed E-state index contributed by atoms with van der Waals surface area (Å²) in [6.07, 6.45) is 6.94. The van der Waals surface area contributed by atoms with Crippen LogP contribution in [-0.4, -0.2) is 43.1 Å². The van der Waals surface area contributed by atoms with Gasteiger partial charge in [-0.1, -0.05) is 0 Å².